The Hall–Kier alpha value is -0.120. The largest absolute Gasteiger partial charge is 0.391 e. The first kappa shape index (κ1) is 16.3. The summed E-state index contributed by atoms with van der Waals surface area (Å²) in [6.07, 6.45) is 10.6. The average Bonchev–Trinajstić information content (AvgIpc) is 3.14. The van der Waals surface area contributed by atoms with Gasteiger partial charge in [0.2, 0.25) is 0 Å². The Labute approximate surface area is 124 Å². The highest BCUT2D eigenvalue weighted by atomic mass is 16.5. The second-order valence-electron chi connectivity index (χ2n) is 6.59. The van der Waals surface area contributed by atoms with Crippen molar-refractivity contribution < 1.29 is 9.84 Å². The molecule has 2 fully saturated rings. The average molecular weight is 283 g/mol. The first-order valence-electron chi connectivity index (χ1n) is 8.77. The van der Waals surface area contributed by atoms with Crippen LogP contribution in [0.2, 0.25) is 0 Å². The van der Waals surface area contributed by atoms with E-state index in [0.717, 1.165) is 38.7 Å². The van der Waals surface area contributed by atoms with Gasteiger partial charge in [-0.15, -0.1) is 0 Å². The maximum absolute atomic E-state index is 10.8. The van der Waals surface area contributed by atoms with Crippen molar-refractivity contribution >= 4 is 0 Å². The molecule has 2 saturated heterocycles. The molecule has 2 unspecified atom stereocenters. The van der Waals surface area contributed by atoms with E-state index in [9.17, 15) is 5.11 Å². The van der Waals surface area contributed by atoms with E-state index >= 15 is 0 Å². The smallest absolute Gasteiger partial charge is 0.0723 e. The van der Waals surface area contributed by atoms with Crippen molar-refractivity contribution in [3.8, 4) is 0 Å². The van der Waals surface area contributed by atoms with Crippen LogP contribution in [0.5, 0.6) is 0 Å². The van der Waals surface area contributed by atoms with Gasteiger partial charge in [0, 0.05) is 12.1 Å². The van der Waals surface area contributed by atoms with Gasteiger partial charge < -0.3 is 9.84 Å². The van der Waals surface area contributed by atoms with Crippen LogP contribution in [-0.4, -0.2) is 47.4 Å². The normalized spacial score (nSPS) is 26.2. The SMILES string of the molecule is CCC(CC)(C(O)CCCC1CCCO1)N1CCCC1. The van der Waals surface area contributed by atoms with Gasteiger partial charge >= 0.3 is 0 Å². The molecule has 3 nitrogen and oxygen atoms in total. The van der Waals surface area contributed by atoms with E-state index in [0.29, 0.717) is 6.10 Å². The first-order valence-corrected chi connectivity index (χ1v) is 8.77. The Balaban J connectivity index is 1.83. The molecule has 0 saturated carbocycles. The summed E-state index contributed by atoms with van der Waals surface area (Å²) in [4.78, 5) is 2.56. The predicted octanol–water partition coefficient (Wildman–Crippen LogP) is 3.35. The molecule has 2 aliphatic heterocycles. The summed E-state index contributed by atoms with van der Waals surface area (Å²) in [6.45, 7) is 7.76. The number of hydrogen-bond acceptors (Lipinski definition) is 3. The number of aliphatic hydroxyl groups is 1. The van der Waals surface area contributed by atoms with E-state index in [1.54, 1.807) is 0 Å². The van der Waals surface area contributed by atoms with Crippen molar-refractivity contribution in [2.75, 3.05) is 19.7 Å². The van der Waals surface area contributed by atoms with Gasteiger partial charge in [0.15, 0.2) is 0 Å². The van der Waals surface area contributed by atoms with Gasteiger partial charge in [0.25, 0.3) is 0 Å². The van der Waals surface area contributed by atoms with Crippen LogP contribution in [0.3, 0.4) is 0 Å². The zero-order chi connectivity index (χ0) is 14.4. The summed E-state index contributed by atoms with van der Waals surface area (Å²) in [5, 5.41) is 10.8. The van der Waals surface area contributed by atoms with Crippen LogP contribution in [0.25, 0.3) is 0 Å². The highest BCUT2D eigenvalue weighted by molar-refractivity contribution is 4.96. The van der Waals surface area contributed by atoms with Crippen LogP contribution < -0.4 is 0 Å². The Morgan fingerprint density at radius 2 is 1.90 bits per heavy atom. The minimum absolute atomic E-state index is 0.0209. The molecule has 2 aliphatic rings. The second kappa shape index (κ2) is 7.77. The van der Waals surface area contributed by atoms with Crippen LogP contribution >= 0.6 is 0 Å². The van der Waals surface area contributed by atoms with Crippen molar-refractivity contribution in [1.29, 1.82) is 0 Å². The molecule has 3 heteroatoms. The Morgan fingerprint density at radius 1 is 1.20 bits per heavy atom. The lowest BCUT2D eigenvalue weighted by Crippen LogP contribution is -2.55. The Bertz CT molecular complexity index is 266. The molecule has 0 aromatic carbocycles. The van der Waals surface area contributed by atoms with Crippen molar-refractivity contribution in [3.05, 3.63) is 0 Å². The van der Waals surface area contributed by atoms with Gasteiger partial charge in [-0.3, -0.25) is 4.90 Å². The van der Waals surface area contributed by atoms with Gasteiger partial charge in [-0.1, -0.05) is 13.8 Å². The minimum Gasteiger partial charge on any atom is -0.391 e. The molecule has 20 heavy (non-hydrogen) atoms. The first-order chi connectivity index (χ1) is 9.73. The molecule has 0 aliphatic carbocycles. The molecule has 118 valence electrons. The van der Waals surface area contributed by atoms with E-state index in [4.69, 9.17) is 4.74 Å². The third-order valence-electron chi connectivity index (χ3n) is 5.61. The number of ether oxygens (including phenoxy) is 1. The summed E-state index contributed by atoms with van der Waals surface area (Å²) in [5.74, 6) is 0. The van der Waals surface area contributed by atoms with Gasteiger partial charge in [-0.2, -0.15) is 0 Å². The summed E-state index contributed by atoms with van der Waals surface area (Å²) >= 11 is 0. The number of aliphatic hydroxyl groups excluding tert-OH is 1. The standard InChI is InChI=1S/C17H33NO2/c1-3-17(4-2,18-12-5-6-13-18)16(19)11-7-9-15-10-8-14-20-15/h15-16,19H,3-14H2,1-2H3. The highest BCUT2D eigenvalue weighted by Gasteiger charge is 2.40. The predicted molar refractivity (Wildman–Crippen MR) is 83.0 cm³/mol. The lowest BCUT2D eigenvalue weighted by atomic mass is 9.82. The summed E-state index contributed by atoms with van der Waals surface area (Å²) < 4.78 is 5.68. The number of likely N-dealkylation sites (tertiary alicyclic amines) is 1. The van der Waals surface area contributed by atoms with Gasteiger partial charge in [0.05, 0.1) is 12.2 Å². The van der Waals surface area contributed by atoms with Crippen LogP contribution in [0.4, 0.5) is 0 Å². The molecule has 0 radical (unpaired) electrons. The maximum atomic E-state index is 10.8. The fourth-order valence-electron chi connectivity index (χ4n) is 4.22. The molecular weight excluding hydrogens is 250 g/mol. The Kier molecular flexibility index (Phi) is 6.31. The third-order valence-corrected chi connectivity index (χ3v) is 5.61. The quantitative estimate of drug-likeness (QED) is 0.741. The molecule has 0 spiro atoms. The molecule has 2 atom stereocenters. The van der Waals surface area contributed by atoms with E-state index in [1.165, 1.54) is 38.8 Å². The zero-order valence-corrected chi connectivity index (χ0v) is 13.4. The van der Waals surface area contributed by atoms with Crippen LogP contribution in [0.1, 0.15) is 71.6 Å². The van der Waals surface area contributed by atoms with Crippen molar-refractivity contribution in [2.24, 2.45) is 0 Å². The monoisotopic (exact) mass is 283 g/mol. The van der Waals surface area contributed by atoms with E-state index < -0.39 is 0 Å². The molecule has 2 heterocycles. The lowest BCUT2D eigenvalue weighted by Gasteiger charge is -2.44. The fraction of sp³-hybridized carbons (Fsp3) is 1.00. The van der Waals surface area contributed by atoms with Crippen molar-refractivity contribution in [2.45, 2.75) is 89.4 Å². The molecule has 2 rings (SSSR count). The second-order valence-corrected chi connectivity index (χ2v) is 6.59. The Morgan fingerprint density at radius 3 is 2.45 bits per heavy atom. The summed E-state index contributed by atoms with van der Waals surface area (Å²) in [5.41, 5.74) is 0.0209. The van der Waals surface area contributed by atoms with Crippen molar-refractivity contribution in [3.63, 3.8) is 0 Å². The van der Waals surface area contributed by atoms with Crippen LogP contribution in [0, 0.1) is 0 Å². The number of nitrogens with zero attached hydrogens (tertiary/aromatic N) is 1. The van der Waals surface area contributed by atoms with E-state index in [1.807, 2.05) is 0 Å². The summed E-state index contributed by atoms with van der Waals surface area (Å²) in [7, 11) is 0. The van der Waals surface area contributed by atoms with Gasteiger partial charge in [0.1, 0.15) is 0 Å². The van der Waals surface area contributed by atoms with E-state index in [2.05, 4.69) is 18.7 Å². The molecule has 1 N–H and O–H groups in total. The maximum Gasteiger partial charge on any atom is 0.0723 e. The van der Waals surface area contributed by atoms with Gasteiger partial charge in [-0.25, -0.2) is 0 Å². The van der Waals surface area contributed by atoms with Crippen LogP contribution in [-0.2, 0) is 4.74 Å². The molecule has 0 amide bonds. The van der Waals surface area contributed by atoms with Gasteiger partial charge in [-0.05, 0) is 70.9 Å². The molecule has 0 aromatic rings. The fourth-order valence-corrected chi connectivity index (χ4v) is 4.22. The van der Waals surface area contributed by atoms with Crippen LogP contribution in [0.15, 0.2) is 0 Å². The highest BCUT2D eigenvalue weighted by Crippen LogP contribution is 2.34. The molecular formula is C17H33NO2. The summed E-state index contributed by atoms with van der Waals surface area (Å²) in [6, 6.07) is 0. The third kappa shape index (κ3) is 3.55. The van der Waals surface area contributed by atoms with E-state index in [-0.39, 0.29) is 11.6 Å². The van der Waals surface area contributed by atoms with Crippen molar-refractivity contribution in [1.82, 2.24) is 4.90 Å². The molecule has 0 bridgehead atoms. The topological polar surface area (TPSA) is 32.7 Å². The zero-order valence-electron chi connectivity index (χ0n) is 13.4. The minimum atomic E-state index is -0.183. The molecule has 0 aromatic heterocycles. The number of hydrogen-bond donors (Lipinski definition) is 1. The lowest BCUT2D eigenvalue weighted by molar-refractivity contribution is -0.0341. The number of rotatable bonds is 8.